The zero-order valence-electron chi connectivity index (χ0n) is 8.64. The molecular weight excluding hydrogens is 230 g/mol. The second kappa shape index (κ2) is 5.00. The van der Waals surface area contributed by atoms with E-state index in [9.17, 15) is 18.0 Å². The minimum atomic E-state index is -3.48. The molecule has 0 aliphatic heterocycles. The van der Waals surface area contributed by atoms with Crippen LogP contribution in [0, 0.1) is 0 Å². The Morgan fingerprint density at radius 2 is 1.88 bits per heavy atom. The molecule has 0 radical (unpaired) electrons. The molecule has 1 aromatic rings. The number of ketones is 1. The number of nitrogens with one attached hydrogen (secondary N) is 1. The predicted octanol–water partition coefficient (Wildman–Crippen LogP) is 0.366. The van der Waals surface area contributed by atoms with E-state index in [1.807, 2.05) is 0 Å². The van der Waals surface area contributed by atoms with Crippen LogP contribution in [0.1, 0.15) is 16.8 Å². The Kier molecular flexibility index (Phi) is 3.92. The summed E-state index contributed by atoms with van der Waals surface area (Å²) in [6.45, 7) is 0. The number of rotatable bonds is 5. The molecule has 0 unspecified atom stereocenters. The average Bonchev–Trinajstić information content (AvgIpc) is 2.29. The Morgan fingerprint density at radius 3 is 2.31 bits per heavy atom. The Labute approximate surface area is 93.5 Å². The van der Waals surface area contributed by atoms with Crippen LogP contribution in [0.5, 0.6) is 0 Å². The number of Topliss-reactive ketones (excluding diaryl/α,β-unsaturated/α-hetero) is 1. The van der Waals surface area contributed by atoms with Gasteiger partial charge in [-0.05, 0) is 19.2 Å². The van der Waals surface area contributed by atoms with Crippen molar-refractivity contribution in [2.45, 2.75) is 11.3 Å². The van der Waals surface area contributed by atoms with Crippen LogP contribution in [0.3, 0.4) is 0 Å². The van der Waals surface area contributed by atoms with Gasteiger partial charge in [-0.25, -0.2) is 13.1 Å². The molecule has 0 bridgehead atoms. The molecule has 0 saturated heterocycles. The number of carbonyl (C=O) groups excluding carboxylic acids is 2. The number of carbonyl (C=O) groups is 2. The quantitative estimate of drug-likeness (QED) is 0.458. The monoisotopic (exact) mass is 241 g/mol. The summed E-state index contributed by atoms with van der Waals surface area (Å²) in [7, 11) is -2.18. The van der Waals surface area contributed by atoms with Gasteiger partial charge in [0.2, 0.25) is 10.0 Å². The summed E-state index contributed by atoms with van der Waals surface area (Å²) in [6, 6.07) is 5.42. The summed E-state index contributed by atoms with van der Waals surface area (Å²) in [5.74, 6) is -0.330. The molecule has 0 aromatic heterocycles. The lowest BCUT2D eigenvalue weighted by Gasteiger charge is -2.02. The average molecular weight is 241 g/mol. The SMILES string of the molecule is CNS(=O)(=O)c1ccc(C(=O)CC=O)cc1. The van der Waals surface area contributed by atoms with E-state index < -0.39 is 10.0 Å². The normalized spacial score (nSPS) is 11.1. The second-order valence-corrected chi connectivity index (χ2v) is 4.91. The summed E-state index contributed by atoms with van der Waals surface area (Å²) >= 11 is 0. The van der Waals surface area contributed by atoms with Gasteiger partial charge in [-0.1, -0.05) is 12.1 Å². The van der Waals surface area contributed by atoms with E-state index in [0.29, 0.717) is 11.8 Å². The molecule has 1 aromatic carbocycles. The van der Waals surface area contributed by atoms with Gasteiger partial charge in [-0.15, -0.1) is 0 Å². The van der Waals surface area contributed by atoms with E-state index in [0.717, 1.165) is 0 Å². The molecule has 0 heterocycles. The molecule has 86 valence electrons. The number of hydrogen-bond acceptors (Lipinski definition) is 4. The largest absolute Gasteiger partial charge is 0.303 e. The smallest absolute Gasteiger partial charge is 0.240 e. The first-order chi connectivity index (χ1) is 7.51. The van der Waals surface area contributed by atoms with Crippen LogP contribution < -0.4 is 4.72 Å². The molecule has 0 aliphatic carbocycles. The lowest BCUT2D eigenvalue weighted by Crippen LogP contribution is -2.18. The molecule has 1 rings (SSSR count). The minimum Gasteiger partial charge on any atom is -0.303 e. The highest BCUT2D eigenvalue weighted by atomic mass is 32.2. The maximum absolute atomic E-state index is 11.4. The first-order valence-electron chi connectivity index (χ1n) is 4.51. The van der Waals surface area contributed by atoms with Crippen molar-refractivity contribution >= 4 is 22.1 Å². The van der Waals surface area contributed by atoms with Crippen molar-refractivity contribution < 1.29 is 18.0 Å². The Balaban J connectivity index is 3.00. The third kappa shape index (κ3) is 2.74. The molecule has 0 amide bonds. The van der Waals surface area contributed by atoms with Crippen LogP contribution in [0.25, 0.3) is 0 Å². The first-order valence-corrected chi connectivity index (χ1v) is 6.00. The highest BCUT2D eigenvalue weighted by Crippen LogP contribution is 2.11. The zero-order valence-corrected chi connectivity index (χ0v) is 9.45. The van der Waals surface area contributed by atoms with Crippen molar-refractivity contribution in [3.63, 3.8) is 0 Å². The van der Waals surface area contributed by atoms with Gasteiger partial charge in [0.1, 0.15) is 6.29 Å². The highest BCUT2D eigenvalue weighted by Gasteiger charge is 2.12. The lowest BCUT2D eigenvalue weighted by atomic mass is 10.1. The van der Waals surface area contributed by atoms with Crippen molar-refractivity contribution in [1.82, 2.24) is 4.72 Å². The fraction of sp³-hybridized carbons (Fsp3) is 0.200. The van der Waals surface area contributed by atoms with Gasteiger partial charge in [0.15, 0.2) is 5.78 Å². The van der Waals surface area contributed by atoms with Gasteiger partial charge in [-0.3, -0.25) is 4.79 Å². The zero-order chi connectivity index (χ0) is 12.2. The first kappa shape index (κ1) is 12.5. The van der Waals surface area contributed by atoms with E-state index in [4.69, 9.17) is 0 Å². The van der Waals surface area contributed by atoms with Crippen LogP contribution in [-0.2, 0) is 14.8 Å². The van der Waals surface area contributed by atoms with Crippen LogP contribution in [0.4, 0.5) is 0 Å². The number of hydrogen-bond donors (Lipinski definition) is 1. The van der Waals surface area contributed by atoms with Crippen LogP contribution in [0.15, 0.2) is 29.2 Å². The Bertz CT molecular complexity index is 490. The third-order valence-corrected chi connectivity index (χ3v) is 3.45. The van der Waals surface area contributed by atoms with E-state index in [1.54, 1.807) is 0 Å². The molecule has 6 heteroatoms. The van der Waals surface area contributed by atoms with Gasteiger partial charge >= 0.3 is 0 Å². The summed E-state index contributed by atoms with van der Waals surface area (Å²) < 4.78 is 24.9. The van der Waals surface area contributed by atoms with Gasteiger partial charge in [-0.2, -0.15) is 0 Å². The topological polar surface area (TPSA) is 80.3 Å². The predicted molar refractivity (Wildman–Crippen MR) is 57.7 cm³/mol. The van der Waals surface area contributed by atoms with Crippen molar-refractivity contribution in [2.24, 2.45) is 0 Å². The molecule has 0 fully saturated rings. The van der Waals surface area contributed by atoms with Gasteiger partial charge in [0.05, 0.1) is 11.3 Å². The Morgan fingerprint density at radius 1 is 1.31 bits per heavy atom. The maximum Gasteiger partial charge on any atom is 0.240 e. The second-order valence-electron chi connectivity index (χ2n) is 3.03. The van der Waals surface area contributed by atoms with Gasteiger partial charge < -0.3 is 4.79 Å². The number of benzene rings is 1. The molecule has 16 heavy (non-hydrogen) atoms. The summed E-state index contributed by atoms with van der Waals surface area (Å²) in [6.07, 6.45) is 0.318. The van der Waals surface area contributed by atoms with Crippen molar-refractivity contribution in [2.75, 3.05) is 7.05 Å². The molecule has 0 saturated carbocycles. The molecule has 0 atom stereocenters. The number of aldehydes is 1. The maximum atomic E-state index is 11.4. The minimum absolute atomic E-state index is 0.0812. The molecular formula is C10H11NO4S. The van der Waals surface area contributed by atoms with Crippen molar-refractivity contribution in [3.05, 3.63) is 29.8 Å². The van der Waals surface area contributed by atoms with Crippen LogP contribution in [-0.4, -0.2) is 27.5 Å². The molecule has 0 aliphatic rings. The fourth-order valence-electron chi connectivity index (χ4n) is 1.13. The Hall–Kier alpha value is -1.53. The summed E-state index contributed by atoms with van der Waals surface area (Å²) in [4.78, 5) is 21.5. The van der Waals surface area contributed by atoms with E-state index in [2.05, 4.69) is 4.72 Å². The fourth-order valence-corrected chi connectivity index (χ4v) is 1.86. The standard InChI is InChI=1S/C10H11NO4S/c1-11-16(14,15)9-4-2-8(3-5-9)10(13)6-7-12/h2-5,7,11H,6H2,1H3. The van der Waals surface area contributed by atoms with E-state index in [1.165, 1.54) is 31.3 Å². The van der Waals surface area contributed by atoms with Gasteiger partial charge in [0, 0.05) is 5.56 Å². The third-order valence-electron chi connectivity index (χ3n) is 2.02. The number of sulfonamides is 1. The van der Waals surface area contributed by atoms with Crippen LogP contribution in [0.2, 0.25) is 0 Å². The van der Waals surface area contributed by atoms with Crippen molar-refractivity contribution in [1.29, 1.82) is 0 Å². The van der Waals surface area contributed by atoms with E-state index >= 15 is 0 Å². The molecule has 5 nitrogen and oxygen atoms in total. The van der Waals surface area contributed by atoms with Crippen molar-refractivity contribution in [3.8, 4) is 0 Å². The summed E-state index contributed by atoms with van der Waals surface area (Å²) in [5.41, 5.74) is 0.321. The lowest BCUT2D eigenvalue weighted by molar-refractivity contribution is -0.107. The molecule has 0 spiro atoms. The van der Waals surface area contributed by atoms with Gasteiger partial charge in [0.25, 0.3) is 0 Å². The molecule has 1 N–H and O–H groups in total. The van der Waals surface area contributed by atoms with Crippen LogP contribution >= 0.6 is 0 Å². The highest BCUT2D eigenvalue weighted by molar-refractivity contribution is 7.89. The summed E-state index contributed by atoms with van der Waals surface area (Å²) in [5, 5.41) is 0. The van der Waals surface area contributed by atoms with E-state index in [-0.39, 0.29) is 17.1 Å².